The summed E-state index contributed by atoms with van der Waals surface area (Å²) in [5.41, 5.74) is 0. The maximum Gasteiger partial charge on any atom is 0.161 e. The molecule has 0 spiro atoms. The monoisotopic (exact) mass is 225 g/mol. The Labute approximate surface area is 91.5 Å². The first-order valence-electron chi connectivity index (χ1n) is 2.69. The fourth-order valence-corrected chi connectivity index (χ4v) is 0.342. The van der Waals surface area contributed by atoms with Crippen molar-refractivity contribution in [3.8, 4) is 0 Å². The third kappa shape index (κ3) is 17.7. The Balaban J connectivity index is 0. The van der Waals surface area contributed by atoms with E-state index in [2.05, 4.69) is 13.0 Å². The van der Waals surface area contributed by atoms with E-state index in [4.69, 9.17) is 9.90 Å². The molecule has 3 heteroatoms. The van der Waals surface area contributed by atoms with E-state index in [1.807, 2.05) is 30.3 Å². The standard InChI is InChI=1S/C6H5.C2H3O2.Y/c1-2-4-6-5-3-1;1-2(3)4;/h1-5H;1H2,(H,3,4);/q2*-1;. The quantitative estimate of drug-likeness (QED) is 0.677. The normalized spacial score (nSPS) is 6.55. The SMILES string of the molecule is [CH2-]C(=O)O.[Y].[c-]1ccccc1. The third-order valence-electron chi connectivity index (χ3n) is 0.607. The van der Waals surface area contributed by atoms with Gasteiger partial charge in [0.2, 0.25) is 0 Å². The predicted molar refractivity (Wildman–Crippen MR) is 38.3 cm³/mol. The number of hydrogen-bond acceptors (Lipinski definition) is 1. The molecule has 0 aliphatic rings. The minimum atomic E-state index is -1.08. The van der Waals surface area contributed by atoms with E-state index in [-0.39, 0.29) is 32.7 Å². The molecule has 1 radical (unpaired) electrons. The summed E-state index contributed by atoms with van der Waals surface area (Å²) in [4.78, 5) is 8.89. The van der Waals surface area contributed by atoms with Crippen LogP contribution >= 0.6 is 0 Å². The molecular weight excluding hydrogens is 217 g/mol. The molecule has 0 aromatic heterocycles. The zero-order valence-electron chi connectivity index (χ0n) is 6.03. The predicted octanol–water partition coefficient (Wildman–Crippen LogP) is 1.39. The van der Waals surface area contributed by atoms with Crippen LogP contribution < -0.4 is 0 Å². The average Bonchev–Trinajstić information content (AvgIpc) is 1.90. The smallest absolute Gasteiger partial charge is 0.161 e. The van der Waals surface area contributed by atoms with Crippen LogP contribution in [0.5, 0.6) is 0 Å². The Kier molecular flexibility index (Phi) is 11.7. The molecule has 0 aliphatic carbocycles. The Morgan fingerprint density at radius 3 is 1.73 bits per heavy atom. The minimum absolute atomic E-state index is 0. The number of aliphatic carboxylic acids is 1. The molecule has 0 saturated carbocycles. The number of carboxylic acids is 1. The number of rotatable bonds is 0. The van der Waals surface area contributed by atoms with Crippen molar-refractivity contribution in [1.29, 1.82) is 0 Å². The van der Waals surface area contributed by atoms with E-state index < -0.39 is 5.97 Å². The summed E-state index contributed by atoms with van der Waals surface area (Å²) in [6.45, 7) is 2.56. The summed E-state index contributed by atoms with van der Waals surface area (Å²) in [6.07, 6.45) is 0. The number of carboxylic acid groups (broad SMARTS) is 1. The van der Waals surface area contributed by atoms with Gasteiger partial charge >= 0.3 is 0 Å². The largest absolute Gasteiger partial charge is 0.503 e. The van der Waals surface area contributed by atoms with Gasteiger partial charge in [-0.2, -0.15) is 36.4 Å². The van der Waals surface area contributed by atoms with Crippen LogP contribution in [0, 0.1) is 13.0 Å². The second-order valence-electron chi connectivity index (χ2n) is 1.47. The van der Waals surface area contributed by atoms with Gasteiger partial charge in [0, 0.05) is 32.7 Å². The van der Waals surface area contributed by atoms with E-state index in [0.29, 0.717) is 0 Å². The average molecular weight is 225 g/mol. The van der Waals surface area contributed by atoms with Gasteiger partial charge in [0.15, 0.2) is 5.97 Å². The van der Waals surface area contributed by atoms with Crippen LogP contribution in [0.2, 0.25) is 0 Å². The molecule has 0 aliphatic heterocycles. The van der Waals surface area contributed by atoms with Gasteiger partial charge in [0.25, 0.3) is 0 Å². The maximum absolute atomic E-state index is 8.89. The van der Waals surface area contributed by atoms with Crippen LogP contribution in [0.15, 0.2) is 30.3 Å². The van der Waals surface area contributed by atoms with Gasteiger partial charge in [-0.1, -0.05) is 0 Å². The van der Waals surface area contributed by atoms with Crippen LogP contribution in [-0.2, 0) is 37.5 Å². The Morgan fingerprint density at radius 2 is 1.64 bits per heavy atom. The van der Waals surface area contributed by atoms with Gasteiger partial charge in [0.05, 0.1) is 0 Å². The summed E-state index contributed by atoms with van der Waals surface area (Å²) >= 11 is 0. The van der Waals surface area contributed by atoms with Gasteiger partial charge in [-0.05, 0) is 0 Å². The van der Waals surface area contributed by atoms with Crippen LogP contribution in [0.25, 0.3) is 0 Å². The van der Waals surface area contributed by atoms with Crippen molar-refractivity contribution in [1.82, 2.24) is 0 Å². The van der Waals surface area contributed by atoms with Gasteiger partial charge < -0.3 is 5.11 Å². The molecule has 11 heavy (non-hydrogen) atoms. The van der Waals surface area contributed by atoms with Crippen LogP contribution in [0.3, 0.4) is 0 Å². The van der Waals surface area contributed by atoms with Gasteiger partial charge in [-0.15, -0.1) is 0 Å². The molecule has 2 nitrogen and oxygen atoms in total. The Hall–Kier alpha value is -0.336. The van der Waals surface area contributed by atoms with E-state index in [0.717, 1.165) is 0 Å². The third-order valence-corrected chi connectivity index (χ3v) is 0.607. The second kappa shape index (κ2) is 9.66. The number of benzene rings is 1. The molecule has 0 heterocycles. The summed E-state index contributed by atoms with van der Waals surface area (Å²) in [5, 5.41) is 7.31. The van der Waals surface area contributed by atoms with E-state index in [1.54, 1.807) is 0 Å². The molecule has 0 amide bonds. The van der Waals surface area contributed by atoms with Gasteiger partial charge in [0.1, 0.15) is 0 Å². The molecule has 1 aromatic carbocycles. The minimum Gasteiger partial charge on any atom is -0.503 e. The van der Waals surface area contributed by atoms with Gasteiger partial charge in [-0.3, -0.25) is 11.7 Å². The van der Waals surface area contributed by atoms with Crippen LogP contribution in [-0.4, -0.2) is 11.1 Å². The van der Waals surface area contributed by atoms with Crippen molar-refractivity contribution < 1.29 is 42.6 Å². The molecule has 0 unspecified atom stereocenters. The molecular formula is C8H8O2Y-2. The molecule has 1 N–H and O–H groups in total. The fraction of sp³-hybridized carbons (Fsp3) is 0. The zero-order valence-corrected chi connectivity index (χ0v) is 8.86. The first kappa shape index (κ1) is 13.3. The van der Waals surface area contributed by atoms with Crippen molar-refractivity contribution in [3.05, 3.63) is 43.3 Å². The van der Waals surface area contributed by atoms with E-state index in [9.17, 15) is 0 Å². The molecule has 1 rings (SSSR count). The summed E-state index contributed by atoms with van der Waals surface area (Å²) < 4.78 is 0. The fourth-order valence-electron chi connectivity index (χ4n) is 0.342. The molecule has 0 fully saturated rings. The van der Waals surface area contributed by atoms with Crippen molar-refractivity contribution in [2.24, 2.45) is 0 Å². The molecule has 0 atom stereocenters. The summed E-state index contributed by atoms with van der Waals surface area (Å²) in [7, 11) is 0. The Bertz CT molecular complexity index is 144. The molecule has 57 valence electrons. The van der Waals surface area contributed by atoms with E-state index in [1.165, 1.54) is 0 Å². The van der Waals surface area contributed by atoms with Crippen molar-refractivity contribution in [2.75, 3.05) is 0 Å². The van der Waals surface area contributed by atoms with Gasteiger partial charge in [-0.25, -0.2) is 0 Å². The molecule has 0 bridgehead atoms. The maximum atomic E-state index is 8.89. The van der Waals surface area contributed by atoms with Crippen LogP contribution in [0.4, 0.5) is 0 Å². The topological polar surface area (TPSA) is 37.3 Å². The molecule has 0 saturated heterocycles. The van der Waals surface area contributed by atoms with Crippen molar-refractivity contribution in [2.45, 2.75) is 0 Å². The number of hydrogen-bond donors (Lipinski definition) is 1. The second-order valence-corrected chi connectivity index (χ2v) is 1.47. The first-order chi connectivity index (χ1) is 4.73. The summed E-state index contributed by atoms with van der Waals surface area (Å²) in [6, 6.07) is 12.5. The zero-order chi connectivity index (χ0) is 7.82. The number of carbonyl (C=O) groups is 1. The Morgan fingerprint density at radius 1 is 1.27 bits per heavy atom. The molecule has 1 aromatic rings. The van der Waals surface area contributed by atoms with Crippen molar-refractivity contribution in [3.63, 3.8) is 0 Å². The first-order valence-corrected chi connectivity index (χ1v) is 2.69. The summed E-state index contributed by atoms with van der Waals surface area (Å²) in [5.74, 6) is -1.08. The van der Waals surface area contributed by atoms with Crippen molar-refractivity contribution >= 4 is 5.97 Å². The van der Waals surface area contributed by atoms with E-state index >= 15 is 0 Å². The van der Waals surface area contributed by atoms with Crippen LogP contribution in [0.1, 0.15) is 0 Å².